The molecule has 0 spiro atoms. The summed E-state index contributed by atoms with van der Waals surface area (Å²) < 4.78 is 5.15. The van der Waals surface area contributed by atoms with Gasteiger partial charge in [-0.15, -0.1) is 22.7 Å². The predicted octanol–water partition coefficient (Wildman–Crippen LogP) is 4.38. The zero-order valence-corrected chi connectivity index (χ0v) is 17.0. The first kappa shape index (κ1) is 19.1. The molecule has 26 heavy (non-hydrogen) atoms. The van der Waals surface area contributed by atoms with Crippen LogP contribution in [0.15, 0.2) is 17.5 Å². The number of hydrogen-bond donors (Lipinski definition) is 1. The minimum Gasteiger partial charge on any atom is -0.462 e. The third kappa shape index (κ3) is 4.00. The molecule has 0 aromatic carbocycles. The molecule has 0 aliphatic carbocycles. The van der Waals surface area contributed by atoms with Crippen molar-refractivity contribution >= 4 is 39.6 Å². The maximum absolute atomic E-state index is 12.6. The molecular weight excluding hydrogens is 368 g/mol. The van der Waals surface area contributed by atoms with Crippen molar-refractivity contribution in [1.82, 2.24) is 4.90 Å². The molecular formula is C19H24N2O3S2. The van der Waals surface area contributed by atoms with Crippen molar-refractivity contribution in [3.8, 4) is 0 Å². The molecule has 1 aliphatic heterocycles. The highest BCUT2D eigenvalue weighted by molar-refractivity contribution is 7.16. The first-order valence-electron chi connectivity index (χ1n) is 8.85. The van der Waals surface area contributed by atoms with E-state index < -0.39 is 0 Å². The summed E-state index contributed by atoms with van der Waals surface area (Å²) in [4.78, 5) is 29.4. The summed E-state index contributed by atoms with van der Waals surface area (Å²) in [5, 5.41) is 5.62. The highest BCUT2D eigenvalue weighted by atomic mass is 32.1. The first-order valence-corrected chi connectivity index (χ1v) is 10.5. The van der Waals surface area contributed by atoms with Gasteiger partial charge in [-0.05, 0) is 57.2 Å². The molecule has 5 nitrogen and oxygen atoms in total. The van der Waals surface area contributed by atoms with Gasteiger partial charge in [0, 0.05) is 15.8 Å². The van der Waals surface area contributed by atoms with Crippen LogP contribution in [-0.2, 0) is 9.53 Å². The number of carbonyl (C=O) groups excluding carboxylic acids is 2. The number of aryl methyl sites for hydroxylation is 1. The minimum absolute atomic E-state index is 0.0831. The number of nitrogens with zero attached hydrogens (tertiary/aromatic N) is 1. The Labute approximate surface area is 162 Å². The van der Waals surface area contributed by atoms with Crippen molar-refractivity contribution < 1.29 is 14.3 Å². The molecule has 1 amide bonds. The van der Waals surface area contributed by atoms with Crippen LogP contribution in [-0.4, -0.2) is 36.5 Å². The number of amides is 1. The van der Waals surface area contributed by atoms with Crippen LogP contribution in [0.3, 0.4) is 0 Å². The molecule has 2 aromatic rings. The van der Waals surface area contributed by atoms with Crippen molar-refractivity contribution in [2.75, 3.05) is 25.0 Å². The van der Waals surface area contributed by atoms with Gasteiger partial charge in [0.25, 0.3) is 0 Å². The van der Waals surface area contributed by atoms with E-state index in [1.165, 1.54) is 16.2 Å². The Morgan fingerprint density at radius 2 is 2.19 bits per heavy atom. The van der Waals surface area contributed by atoms with E-state index in [1.54, 1.807) is 18.3 Å². The Kier molecular flexibility index (Phi) is 6.11. The first-order chi connectivity index (χ1) is 12.5. The van der Waals surface area contributed by atoms with Gasteiger partial charge in [0.15, 0.2) is 0 Å². The van der Waals surface area contributed by atoms with E-state index >= 15 is 0 Å². The number of carbonyl (C=O) groups is 2. The van der Waals surface area contributed by atoms with Crippen LogP contribution >= 0.6 is 22.7 Å². The average molecular weight is 393 g/mol. The standard InChI is InChI=1S/C19H24N2O3S2/c1-4-24-19(23)17-12(2)13(3)26-18(17)20-16(22)11-21-9-5-7-14(21)15-8-6-10-25-15/h6,8,10,14H,4-5,7,9,11H2,1-3H3,(H,20,22)/t14-/m1/s1. The van der Waals surface area contributed by atoms with Gasteiger partial charge in [-0.1, -0.05) is 6.07 Å². The van der Waals surface area contributed by atoms with Crippen molar-refractivity contribution in [2.24, 2.45) is 0 Å². The fourth-order valence-corrected chi connectivity index (χ4v) is 5.29. The molecule has 1 aliphatic rings. The minimum atomic E-state index is -0.373. The Morgan fingerprint density at radius 3 is 2.88 bits per heavy atom. The molecule has 0 saturated carbocycles. The lowest BCUT2D eigenvalue weighted by Gasteiger charge is -2.22. The number of ether oxygens (including phenoxy) is 1. The highest BCUT2D eigenvalue weighted by Gasteiger charge is 2.29. The van der Waals surface area contributed by atoms with Gasteiger partial charge in [0.05, 0.1) is 18.7 Å². The van der Waals surface area contributed by atoms with E-state index in [-0.39, 0.29) is 11.9 Å². The summed E-state index contributed by atoms with van der Waals surface area (Å²) in [6.07, 6.45) is 2.18. The van der Waals surface area contributed by atoms with Crippen LogP contribution in [0.1, 0.15) is 51.5 Å². The summed E-state index contributed by atoms with van der Waals surface area (Å²) in [5.74, 6) is -0.456. The lowest BCUT2D eigenvalue weighted by molar-refractivity contribution is -0.117. The van der Waals surface area contributed by atoms with Crippen LogP contribution in [0.25, 0.3) is 0 Å². The SMILES string of the molecule is CCOC(=O)c1c(NC(=O)CN2CCC[C@@H]2c2cccs2)sc(C)c1C. The van der Waals surface area contributed by atoms with Gasteiger partial charge in [0.2, 0.25) is 5.91 Å². The second kappa shape index (κ2) is 8.33. The van der Waals surface area contributed by atoms with Crippen molar-refractivity contribution in [3.63, 3.8) is 0 Å². The average Bonchev–Trinajstić information content (AvgIpc) is 3.30. The van der Waals surface area contributed by atoms with E-state index in [4.69, 9.17) is 4.74 Å². The van der Waals surface area contributed by atoms with Crippen LogP contribution in [0.5, 0.6) is 0 Å². The number of esters is 1. The molecule has 3 rings (SSSR count). The molecule has 1 fully saturated rings. The van der Waals surface area contributed by atoms with Crippen LogP contribution in [0.4, 0.5) is 5.00 Å². The summed E-state index contributed by atoms with van der Waals surface area (Å²) in [6, 6.07) is 4.51. The molecule has 1 saturated heterocycles. The van der Waals surface area contributed by atoms with Gasteiger partial charge in [-0.2, -0.15) is 0 Å². The number of thiophene rings is 2. The molecule has 0 bridgehead atoms. The van der Waals surface area contributed by atoms with E-state index in [0.717, 1.165) is 29.8 Å². The Balaban J connectivity index is 1.70. The lowest BCUT2D eigenvalue weighted by atomic mass is 10.1. The zero-order valence-electron chi connectivity index (χ0n) is 15.3. The molecule has 0 unspecified atom stereocenters. The summed E-state index contributed by atoms with van der Waals surface area (Å²) in [6.45, 7) is 7.19. The number of anilines is 1. The maximum atomic E-state index is 12.6. The molecule has 1 atom stereocenters. The van der Waals surface area contributed by atoms with E-state index in [0.29, 0.717) is 29.8 Å². The Bertz CT molecular complexity index is 783. The predicted molar refractivity (Wildman–Crippen MR) is 106 cm³/mol. The molecule has 0 radical (unpaired) electrons. The second-order valence-electron chi connectivity index (χ2n) is 6.40. The smallest absolute Gasteiger partial charge is 0.341 e. The van der Waals surface area contributed by atoms with E-state index in [9.17, 15) is 9.59 Å². The van der Waals surface area contributed by atoms with Gasteiger partial charge in [0.1, 0.15) is 5.00 Å². The molecule has 1 N–H and O–H groups in total. The van der Waals surface area contributed by atoms with Crippen molar-refractivity contribution in [1.29, 1.82) is 0 Å². The number of likely N-dealkylation sites (tertiary alicyclic amines) is 1. The highest BCUT2D eigenvalue weighted by Crippen LogP contribution is 2.35. The quantitative estimate of drug-likeness (QED) is 0.741. The van der Waals surface area contributed by atoms with Crippen LogP contribution in [0.2, 0.25) is 0 Å². The van der Waals surface area contributed by atoms with Crippen LogP contribution < -0.4 is 5.32 Å². The molecule has 7 heteroatoms. The third-order valence-corrected chi connectivity index (χ3v) is 6.80. The molecule has 3 heterocycles. The summed E-state index contributed by atoms with van der Waals surface area (Å²) in [5.41, 5.74) is 1.36. The second-order valence-corrected chi connectivity index (χ2v) is 8.60. The van der Waals surface area contributed by atoms with Gasteiger partial charge in [-0.25, -0.2) is 4.79 Å². The lowest BCUT2D eigenvalue weighted by Crippen LogP contribution is -2.32. The monoisotopic (exact) mass is 392 g/mol. The van der Waals surface area contributed by atoms with Gasteiger partial charge in [-0.3, -0.25) is 9.69 Å². The topological polar surface area (TPSA) is 58.6 Å². The number of rotatable bonds is 6. The van der Waals surface area contributed by atoms with Crippen molar-refractivity contribution in [3.05, 3.63) is 38.4 Å². The normalized spacial score (nSPS) is 17.4. The molecule has 140 valence electrons. The number of hydrogen-bond acceptors (Lipinski definition) is 6. The summed E-state index contributed by atoms with van der Waals surface area (Å²) in [7, 11) is 0. The molecule has 2 aromatic heterocycles. The maximum Gasteiger partial charge on any atom is 0.341 e. The summed E-state index contributed by atoms with van der Waals surface area (Å²) >= 11 is 3.17. The fourth-order valence-electron chi connectivity index (χ4n) is 3.33. The Hall–Kier alpha value is -1.70. The van der Waals surface area contributed by atoms with E-state index in [2.05, 4.69) is 27.7 Å². The fraction of sp³-hybridized carbons (Fsp3) is 0.474. The van der Waals surface area contributed by atoms with Crippen LogP contribution in [0, 0.1) is 13.8 Å². The van der Waals surface area contributed by atoms with Gasteiger partial charge >= 0.3 is 5.97 Å². The largest absolute Gasteiger partial charge is 0.462 e. The zero-order chi connectivity index (χ0) is 18.7. The van der Waals surface area contributed by atoms with Crippen molar-refractivity contribution in [2.45, 2.75) is 39.7 Å². The van der Waals surface area contributed by atoms with E-state index in [1.807, 2.05) is 13.8 Å². The van der Waals surface area contributed by atoms with Gasteiger partial charge < -0.3 is 10.1 Å². The third-order valence-electron chi connectivity index (χ3n) is 4.70. The Morgan fingerprint density at radius 1 is 1.38 bits per heavy atom. The number of nitrogens with one attached hydrogen (secondary N) is 1.